The number of hydrogen-bond acceptors (Lipinski definition) is 5. The van der Waals surface area contributed by atoms with Crippen molar-refractivity contribution in [3.63, 3.8) is 0 Å². The number of rotatable bonds is 7. The maximum absolute atomic E-state index is 13.6. The second-order valence-electron chi connectivity index (χ2n) is 9.11. The largest absolute Gasteiger partial charge is 0.433 e. The number of ketones is 1. The molecular formula is C25H23F3N6O2. The van der Waals surface area contributed by atoms with E-state index in [-0.39, 0.29) is 34.8 Å². The topological polar surface area (TPSA) is 94.7 Å². The number of halogens is 3. The molecule has 1 aliphatic carbocycles. The third-order valence-corrected chi connectivity index (χ3v) is 6.10. The lowest BCUT2D eigenvalue weighted by atomic mass is 10.1. The number of nitrogens with zero attached hydrogens (tertiary/aromatic N) is 5. The van der Waals surface area contributed by atoms with Crippen LogP contribution in [0.5, 0.6) is 0 Å². The van der Waals surface area contributed by atoms with Gasteiger partial charge in [-0.25, -0.2) is 0 Å². The van der Waals surface area contributed by atoms with Gasteiger partial charge in [-0.2, -0.15) is 18.3 Å². The number of alkyl halides is 3. The van der Waals surface area contributed by atoms with Crippen LogP contribution in [-0.4, -0.2) is 36.0 Å². The summed E-state index contributed by atoms with van der Waals surface area (Å²) < 4.78 is 43.8. The van der Waals surface area contributed by atoms with Crippen LogP contribution in [0.2, 0.25) is 0 Å². The van der Waals surface area contributed by atoms with E-state index in [1.54, 1.807) is 18.6 Å². The fourth-order valence-corrected chi connectivity index (χ4v) is 4.29. The van der Waals surface area contributed by atoms with E-state index in [2.05, 4.69) is 20.4 Å². The van der Waals surface area contributed by atoms with Crippen LogP contribution in [0.4, 0.5) is 18.9 Å². The molecule has 1 aliphatic rings. The molecule has 0 saturated heterocycles. The highest BCUT2D eigenvalue weighted by atomic mass is 19.4. The maximum atomic E-state index is 13.6. The molecule has 0 aliphatic heterocycles. The van der Waals surface area contributed by atoms with Gasteiger partial charge in [0.1, 0.15) is 11.4 Å². The molecule has 36 heavy (non-hydrogen) atoms. The van der Waals surface area contributed by atoms with E-state index < -0.39 is 24.2 Å². The van der Waals surface area contributed by atoms with Crippen LogP contribution in [0.15, 0.2) is 49.2 Å². The van der Waals surface area contributed by atoms with E-state index in [4.69, 9.17) is 0 Å². The summed E-state index contributed by atoms with van der Waals surface area (Å²) in [6, 6.07) is 4.56. The number of carbonyl (C=O) groups is 2. The number of pyridine rings is 2. The van der Waals surface area contributed by atoms with Crippen molar-refractivity contribution in [2.45, 2.75) is 51.4 Å². The molecule has 186 valence electrons. The fraction of sp³-hybridized carbons (Fsp3) is 0.320. The smallest absolute Gasteiger partial charge is 0.344 e. The van der Waals surface area contributed by atoms with Gasteiger partial charge in [0.25, 0.3) is 0 Å². The molecule has 0 bridgehead atoms. The molecule has 0 aromatic carbocycles. The summed E-state index contributed by atoms with van der Waals surface area (Å²) in [5.41, 5.74) is 0.557. The lowest BCUT2D eigenvalue weighted by Crippen LogP contribution is -2.20. The lowest BCUT2D eigenvalue weighted by Gasteiger charge is -2.12. The molecule has 8 nitrogen and oxygen atoms in total. The minimum absolute atomic E-state index is 0.0944. The molecule has 0 spiro atoms. The molecule has 1 saturated carbocycles. The molecule has 0 atom stereocenters. The van der Waals surface area contributed by atoms with Crippen molar-refractivity contribution in [2.24, 2.45) is 0 Å². The highest BCUT2D eigenvalue weighted by molar-refractivity contribution is 6.15. The molecule has 1 amide bonds. The Morgan fingerprint density at radius 1 is 1.17 bits per heavy atom. The number of carbonyl (C=O) groups excluding carboxylic acids is 2. The van der Waals surface area contributed by atoms with Crippen LogP contribution < -0.4 is 5.32 Å². The molecule has 4 heterocycles. The molecule has 4 aromatic rings. The number of nitrogens with one attached hydrogen (secondary N) is 1. The Morgan fingerprint density at radius 2 is 1.94 bits per heavy atom. The maximum Gasteiger partial charge on any atom is 0.433 e. The van der Waals surface area contributed by atoms with Crippen molar-refractivity contribution in [1.29, 1.82) is 0 Å². The summed E-state index contributed by atoms with van der Waals surface area (Å²) in [7, 11) is 0. The lowest BCUT2D eigenvalue weighted by molar-refractivity contribution is -0.144. The van der Waals surface area contributed by atoms with Crippen molar-refractivity contribution >= 4 is 28.3 Å². The van der Waals surface area contributed by atoms with Crippen molar-refractivity contribution < 1.29 is 22.8 Å². The standard InChI is InChI=1S/C25H23F3N6O2/c1-14(2)33-13-19(18-12-29-7-6-21(18)33)23(36)20-10-16(5-8-30-20)32-22(35)9-15-11-31-34(17-3-4-17)24(15)25(26,27)28/h5-8,10-14,17H,3-4,9H2,1-2H3,(H,30,32,35). The van der Waals surface area contributed by atoms with Gasteiger partial charge in [-0.05, 0) is 44.9 Å². The van der Waals surface area contributed by atoms with Crippen molar-refractivity contribution in [2.75, 3.05) is 5.32 Å². The number of fused-ring (bicyclic) bond motifs is 1. The summed E-state index contributed by atoms with van der Waals surface area (Å²) in [6.45, 7) is 4.00. The van der Waals surface area contributed by atoms with E-state index in [1.807, 2.05) is 24.5 Å². The zero-order valence-corrected chi connectivity index (χ0v) is 19.6. The second-order valence-corrected chi connectivity index (χ2v) is 9.11. The average molecular weight is 496 g/mol. The Bertz CT molecular complexity index is 1470. The molecule has 5 rings (SSSR count). The minimum Gasteiger partial charge on any atom is -0.344 e. The third kappa shape index (κ3) is 4.48. The van der Waals surface area contributed by atoms with Crippen LogP contribution >= 0.6 is 0 Å². The number of hydrogen-bond donors (Lipinski definition) is 1. The molecule has 4 aromatic heterocycles. The number of amides is 1. The average Bonchev–Trinajstić information content (AvgIpc) is 3.46. The minimum atomic E-state index is -4.62. The van der Waals surface area contributed by atoms with E-state index in [1.165, 1.54) is 18.3 Å². The highest BCUT2D eigenvalue weighted by Gasteiger charge is 2.42. The molecule has 1 fully saturated rings. The Labute approximate surface area is 204 Å². The summed E-state index contributed by atoms with van der Waals surface area (Å²) in [4.78, 5) is 34.2. The summed E-state index contributed by atoms with van der Waals surface area (Å²) in [6.07, 6.45) is 3.65. The SMILES string of the molecule is CC(C)n1cc(C(=O)c2cc(NC(=O)Cc3cnn(C4CC4)c3C(F)(F)F)ccn2)c2cnccc21. The Kier molecular flexibility index (Phi) is 5.85. The van der Waals surface area contributed by atoms with Gasteiger partial charge < -0.3 is 9.88 Å². The Hall–Kier alpha value is -4.02. The molecule has 0 unspecified atom stereocenters. The first kappa shape index (κ1) is 23.7. The highest BCUT2D eigenvalue weighted by Crippen LogP contribution is 2.41. The first-order chi connectivity index (χ1) is 17.1. The predicted octanol–water partition coefficient (Wildman–Crippen LogP) is 4.97. The predicted molar refractivity (Wildman–Crippen MR) is 126 cm³/mol. The van der Waals surface area contributed by atoms with Crippen LogP contribution in [0.25, 0.3) is 10.9 Å². The van der Waals surface area contributed by atoms with Gasteiger partial charge >= 0.3 is 6.18 Å². The van der Waals surface area contributed by atoms with Gasteiger partial charge in [0.15, 0.2) is 0 Å². The van der Waals surface area contributed by atoms with E-state index in [0.717, 1.165) is 16.4 Å². The van der Waals surface area contributed by atoms with Crippen molar-refractivity contribution in [3.05, 3.63) is 71.7 Å². The summed E-state index contributed by atoms with van der Waals surface area (Å²) in [5, 5.41) is 7.13. The van der Waals surface area contributed by atoms with Crippen LogP contribution in [-0.2, 0) is 17.4 Å². The quantitative estimate of drug-likeness (QED) is 0.365. The van der Waals surface area contributed by atoms with Gasteiger partial charge in [0.05, 0.1) is 29.7 Å². The first-order valence-electron chi connectivity index (χ1n) is 11.5. The van der Waals surface area contributed by atoms with E-state index in [9.17, 15) is 22.8 Å². The zero-order chi connectivity index (χ0) is 25.6. The Morgan fingerprint density at radius 3 is 2.64 bits per heavy atom. The molecule has 1 N–H and O–H groups in total. The zero-order valence-electron chi connectivity index (χ0n) is 19.6. The van der Waals surface area contributed by atoms with Gasteiger partial charge in [-0.15, -0.1) is 0 Å². The molecule has 0 radical (unpaired) electrons. The van der Waals surface area contributed by atoms with Gasteiger partial charge in [0, 0.05) is 47.5 Å². The summed E-state index contributed by atoms with van der Waals surface area (Å²) >= 11 is 0. The van der Waals surface area contributed by atoms with E-state index in [0.29, 0.717) is 23.8 Å². The normalized spacial score (nSPS) is 13.9. The van der Waals surface area contributed by atoms with Gasteiger partial charge in [0.2, 0.25) is 11.7 Å². The fourth-order valence-electron chi connectivity index (χ4n) is 4.29. The second kappa shape index (κ2) is 8.89. The summed E-state index contributed by atoms with van der Waals surface area (Å²) in [5.74, 6) is -1.00. The first-order valence-corrected chi connectivity index (χ1v) is 11.5. The molecule has 11 heteroatoms. The van der Waals surface area contributed by atoms with Crippen LogP contribution in [0.1, 0.15) is 66.1 Å². The third-order valence-electron chi connectivity index (χ3n) is 6.10. The van der Waals surface area contributed by atoms with Gasteiger partial charge in [-0.1, -0.05) is 0 Å². The van der Waals surface area contributed by atoms with Crippen molar-refractivity contribution in [3.8, 4) is 0 Å². The van der Waals surface area contributed by atoms with Gasteiger partial charge in [-0.3, -0.25) is 24.2 Å². The monoisotopic (exact) mass is 496 g/mol. The molecular weight excluding hydrogens is 473 g/mol. The van der Waals surface area contributed by atoms with Crippen molar-refractivity contribution in [1.82, 2.24) is 24.3 Å². The number of anilines is 1. The number of aromatic nitrogens is 5. The van der Waals surface area contributed by atoms with E-state index >= 15 is 0 Å². The van der Waals surface area contributed by atoms with Crippen LogP contribution in [0.3, 0.4) is 0 Å². The Balaban J connectivity index is 1.37. The van der Waals surface area contributed by atoms with Crippen LogP contribution in [0, 0.1) is 0 Å².